The van der Waals surface area contributed by atoms with Crippen LogP contribution in [0.25, 0.3) is 21.5 Å². The van der Waals surface area contributed by atoms with Gasteiger partial charge in [-0.25, -0.2) is 0 Å². The van der Waals surface area contributed by atoms with E-state index < -0.39 is 0 Å². The van der Waals surface area contributed by atoms with Gasteiger partial charge in [0.05, 0.1) is 13.7 Å². The normalized spacial score (nSPS) is 14.4. The van der Waals surface area contributed by atoms with Gasteiger partial charge in [-0.2, -0.15) is 0 Å². The van der Waals surface area contributed by atoms with Crippen LogP contribution in [0, 0.1) is 34.7 Å². The molecule has 0 fully saturated rings. The number of hydrogen-bond acceptors (Lipinski definition) is 2. The first kappa shape index (κ1) is 24.2. The Balaban J connectivity index is 1.40. The highest BCUT2D eigenvalue weighted by Crippen LogP contribution is 2.41. The second-order valence-corrected chi connectivity index (χ2v) is 14.7. The lowest BCUT2D eigenvalue weighted by Gasteiger charge is -2.28. The molecule has 0 N–H and O–H groups in total. The van der Waals surface area contributed by atoms with Gasteiger partial charge in [-0.3, -0.25) is 0 Å². The van der Waals surface area contributed by atoms with Gasteiger partial charge in [0, 0.05) is 34.1 Å². The Morgan fingerprint density at radius 1 is 0.407 bits per heavy atom. The van der Waals surface area contributed by atoms with Crippen LogP contribution in [0.3, 0.4) is 0 Å². The number of hydrogen-bond donors (Lipinski definition) is 0. The first-order chi connectivity index (χ1) is 30.5. The zero-order chi connectivity index (χ0) is 45.8. The summed E-state index contributed by atoms with van der Waals surface area (Å²) in [6.07, 6.45) is 0. The van der Waals surface area contributed by atoms with E-state index in [0.717, 1.165) is 22.3 Å². The van der Waals surface area contributed by atoms with Crippen molar-refractivity contribution in [1.82, 2.24) is 0 Å². The molecule has 1 aliphatic carbocycles. The summed E-state index contributed by atoms with van der Waals surface area (Å²) in [7, 11) is 0. The lowest BCUT2D eigenvalue weighted by molar-refractivity contribution is 0.865. The fourth-order valence-electron chi connectivity index (χ4n) is 7.21. The van der Waals surface area contributed by atoms with Gasteiger partial charge in [-0.15, -0.1) is 0 Å². The molecule has 264 valence electrons. The van der Waals surface area contributed by atoms with E-state index in [4.69, 9.17) is 0 Å². The van der Waals surface area contributed by atoms with Gasteiger partial charge in [0.25, 0.3) is 0 Å². The molecule has 0 aromatic heterocycles. The SMILES string of the molecule is [2H]c1c(N(c2ccccc2)c2cc(C(C)C)ccc2C)c([2H])c2c([2H])c3c(c([2H])c2c1[2H])=c1c([2H])c2c([2H])c([2H])c(N(c4ccccc4)c4cc(C(C)C)ccc4C)c([2H])c2c([2H])c1=3. The van der Waals surface area contributed by atoms with Gasteiger partial charge in [0.2, 0.25) is 0 Å². The summed E-state index contributed by atoms with van der Waals surface area (Å²) in [4.78, 5) is 3.56. The topological polar surface area (TPSA) is 6.48 Å². The minimum atomic E-state index is -0.349. The molecule has 54 heavy (non-hydrogen) atoms. The van der Waals surface area contributed by atoms with Crippen LogP contribution in [0.5, 0.6) is 0 Å². The van der Waals surface area contributed by atoms with Crippen molar-refractivity contribution in [1.29, 1.82) is 0 Å². The number of para-hydroxylation sites is 2. The number of aryl methyl sites for hydroxylation is 2. The maximum atomic E-state index is 9.82. The summed E-state index contributed by atoms with van der Waals surface area (Å²) in [6, 6.07) is 28.1. The third-order valence-electron chi connectivity index (χ3n) is 10.4. The van der Waals surface area contributed by atoms with Crippen molar-refractivity contribution in [2.45, 2.75) is 53.4 Å². The van der Waals surface area contributed by atoms with Crippen LogP contribution in [-0.2, 0) is 0 Å². The molecule has 0 saturated heterocycles. The molecule has 2 nitrogen and oxygen atoms in total. The minimum absolute atomic E-state index is 0.0275. The number of rotatable bonds is 8. The predicted molar refractivity (Wildman–Crippen MR) is 230 cm³/mol. The van der Waals surface area contributed by atoms with Gasteiger partial charge in [0.1, 0.15) is 0 Å². The van der Waals surface area contributed by atoms with Crippen LogP contribution in [0.1, 0.15) is 75.5 Å². The van der Waals surface area contributed by atoms with Crippen molar-refractivity contribution >= 4 is 55.7 Å². The van der Waals surface area contributed by atoms with Gasteiger partial charge >= 0.3 is 0 Å². The maximum Gasteiger partial charge on any atom is 0.0651 e. The average Bonchev–Trinajstić information content (AvgIpc) is 3.26. The Labute approximate surface area is 332 Å². The van der Waals surface area contributed by atoms with Gasteiger partial charge < -0.3 is 9.80 Å². The van der Waals surface area contributed by atoms with Gasteiger partial charge in [-0.05, 0) is 175 Å². The largest absolute Gasteiger partial charge is 0.310 e. The standard InChI is InChI=1S/C52H46N2/c1-33(2)37-19-17-35(5)51(31-37)53(43-13-9-7-10-14-43)45-23-21-39-27-47-48-28-40-22-24-46(26-42(40)30-50(48)49(47)29-41(39)25-45)54(44-15-11-8-12-16-44)52-32-38(34(3)4)20-18-36(52)6/h7-34H,1-6H3/i21D,22D,23D,24D,25D,26D,27D,28D,29D,30D. The Hall–Kier alpha value is -6.12. The molecule has 0 radical (unpaired) electrons. The molecule has 0 unspecified atom stereocenters. The van der Waals surface area contributed by atoms with Crippen molar-refractivity contribution in [3.63, 3.8) is 0 Å². The van der Waals surface area contributed by atoms with E-state index in [9.17, 15) is 13.7 Å². The van der Waals surface area contributed by atoms with Crippen LogP contribution >= 0.6 is 0 Å². The molecule has 0 spiro atoms. The molecule has 0 heterocycles. The molecule has 0 aliphatic heterocycles. The van der Waals surface area contributed by atoms with Crippen LogP contribution < -0.4 is 9.80 Å². The fraction of sp³-hybridized carbons (Fsp3) is 0.154. The Kier molecular flexibility index (Phi) is 6.01. The number of benzene rings is 8. The van der Waals surface area contributed by atoms with Crippen LogP contribution in [0.2, 0.25) is 0 Å². The van der Waals surface area contributed by atoms with Crippen molar-refractivity contribution < 1.29 is 13.7 Å². The summed E-state index contributed by atoms with van der Waals surface area (Å²) in [5, 5.41) is 0.333. The molecule has 0 saturated carbocycles. The third-order valence-corrected chi connectivity index (χ3v) is 10.4. The maximum absolute atomic E-state index is 9.82. The van der Waals surface area contributed by atoms with E-state index in [2.05, 4.69) is 27.7 Å². The lowest BCUT2D eigenvalue weighted by Crippen LogP contribution is -2.12. The van der Waals surface area contributed by atoms with Crippen LogP contribution in [0.15, 0.2) is 157 Å². The predicted octanol–water partition coefficient (Wildman–Crippen LogP) is 14.7. The Morgan fingerprint density at radius 2 is 0.778 bits per heavy atom. The van der Waals surface area contributed by atoms with Crippen molar-refractivity contribution in [2.24, 2.45) is 0 Å². The lowest BCUT2D eigenvalue weighted by atomic mass is 9.94. The molecular weight excluding hydrogens is 653 g/mol. The molecule has 8 aromatic carbocycles. The molecule has 9 rings (SSSR count). The first-order valence-electron chi connectivity index (χ1n) is 23.5. The molecule has 1 aliphatic rings. The summed E-state index contributed by atoms with van der Waals surface area (Å²) < 4.78 is 96.1. The Morgan fingerprint density at radius 3 is 1.15 bits per heavy atom. The zero-order valence-electron chi connectivity index (χ0n) is 41.3. The molecular formula is C52H46N2. The van der Waals surface area contributed by atoms with E-state index in [1.807, 2.05) is 111 Å². The highest BCUT2D eigenvalue weighted by Gasteiger charge is 2.19. The van der Waals surface area contributed by atoms with Crippen LogP contribution in [0.4, 0.5) is 34.1 Å². The minimum Gasteiger partial charge on any atom is -0.310 e. The van der Waals surface area contributed by atoms with E-state index in [-0.39, 0.29) is 126 Å². The molecule has 0 atom stereocenters. The van der Waals surface area contributed by atoms with E-state index in [1.165, 1.54) is 0 Å². The monoisotopic (exact) mass is 708 g/mol. The van der Waals surface area contributed by atoms with Gasteiger partial charge in [0.15, 0.2) is 0 Å². The van der Waals surface area contributed by atoms with Crippen molar-refractivity contribution in [2.75, 3.05) is 9.80 Å². The Bertz CT molecular complexity index is 3250. The molecule has 2 heteroatoms. The highest BCUT2D eigenvalue weighted by molar-refractivity contribution is 5.92. The van der Waals surface area contributed by atoms with E-state index in [1.54, 1.807) is 9.80 Å². The van der Waals surface area contributed by atoms with Gasteiger partial charge in [-0.1, -0.05) is 100 Å². The number of anilines is 6. The van der Waals surface area contributed by atoms with Crippen molar-refractivity contribution in [3.05, 3.63) is 201 Å². The molecule has 0 amide bonds. The fourth-order valence-corrected chi connectivity index (χ4v) is 7.21. The summed E-state index contributed by atoms with van der Waals surface area (Å²) >= 11 is 0. The quantitative estimate of drug-likeness (QED) is 0.155. The molecule has 8 aromatic rings. The van der Waals surface area contributed by atoms with Crippen LogP contribution in [-0.4, -0.2) is 0 Å². The molecule has 0 bridgehead atoms. The van der Waals surface area contributed by atoms with E-state index >= 15 is 0 Å². The van der Waals surface area contributed by atoms with Crippen molar-refractivity contribution in [3.8, 4) is 0 Å². The zero-order valence-corrected chi connectivity index (χ0v) is 31.3. The van der Waals surface area contributed by atoms with E-state index in [0.29, 0.717) is 22.7 Å². The summed E-state index contributed by atoms with van der Waals surface area (Å²) in [5.41, 5.74) is 6.67. The third kappa shape index (κ3) is 5.83. The second-order valence-electron chi connectivity index (χ2n) is 14.7. The number of fused-ring (bicyclic) bond motifs is 4. The average molecular weight is 709 g/mol. The smallest absolute Gasteiger partial charge is 0.0651 e. The first-order valence-corrected chi connectivity index (χ1v) is 18.5. The highest BCUT2D eigenvalue weighted by atomic mass is 15.1. The summed E-state index contributed by atoms with van der Waals surface area (Å²) in [5.74, 6) is 0.349. The second kappa shape index (κ2) is 13.4. The number of nitrogens with zero attached hydrogens (tertiary/aromatic N) is 2. The summed E-state index contributed by atoms with van der Waals surface area (Å²) in [6.45, 7) is 12.2.